The Balaban J connectivity index is 1.37. The molecule has 11 nitrogen and oxygen atoms in total. The first kappa shape index (κ1) is 27.5. The molecule has 1 aromatic heterocycles. The average Bonchev–Trinajstić information content (AvgIpc) is 3.18. The fourth-order valence-electron chi connectivity index (χ4n) is 5.70. The normalized spacial score (nSPS) is 27.0. The highest BCUT2D eigenvalue weighted by Crippen LogP contribution is 2.28. The highest BCUT2D eigenvalue weighted by Gasteiger charge is 2.41. The molecule has 2 fully saturated rings. The number of nitrogens with zero attached hydrogens (tertiary/aromatic N) is 5. The molecule has 0 spiro atoms. The second-order valence-corrected chi connectivity index (χ2v) is 10.7. The third-order valence-electron chi connectivity index (χ3n) is 7.65. The van der Waals surface area contributed by atoms with Gasteiger partial charge in [-0.2, -0.15) is 5.10 Å². The van der Waals surface area contributed by atoms with Crippen molar-refractivity contribution in [3.8, 4) is 0 Å². The molecule has 0 saturated carbocycles. The highest BCUT2D eigenvalue weighted by molar-refractivity contribution is 6.03. The number of fused-ring (bicyclic) bond motifs is 1. The van der Waals surface area contributed by atoms with E-state index in [1.165, 1.54) is 4.68 Å². The number of nitrogens with two attached hydrogens (primary N) is 1. The Hall–Kier alpha value is -2.51. The van der Waals surface area contributed by atoms with Gasteiger partial charge in [0, 0.05) is 39.1 Å². The first-order chi connectivity index (χ1) is 17.7. The predicted molar refractivity (Wildman–Crippen MR) is 138 cm³/mol. The number of nitrogens with one attached hydrogen (secondary N) is 3. The number of amides is 2. The summed E-state index contributed by atoms with van der Waals surface area (Å²) in [5.41, 5.74) is 6.16. The monoisotopic (exact) mass is 525 g/mol. The molecule has 4 unspecified atom stereocenters. The molecule has 0 bridgehead atoms. The van der Waals surface area contributed by atoms with Crippen LogP contribution in [-0.2, 0) is 11.3 Å². The highest BCUT2D eigenvalue weighted by atomic mass is 19.1. The van der Waals surface area contributed by atoms with Gasteiger partial charge in [-0.25, -0.2) is 13.5 Å². The van der Waals surface area contributed by atoms with Crippen LogP contribution in [0.25, 0.3) is 0 Å². The molecule has 3 aliphatic rings. The van der Waals surface area contributed by atoms with E-state index in [0.29, 0.717) is 44.8 Å². The van der Waals surface area contributed by atoms with Gasteiger partial charge < -0.3 is 31.5 Å². The minimum Gasteiger partial charge on any atom is -0.381 e. The minimum atomic E-state index is -1.18. The first-order valence-corrected chi connectivity index (χ1v) is 13.2. The van der Waals surface area contributed by atoms with Crippen LogP contribution >= 0.6 is 0 Å². The fraction of sp³-hybridized carbons (Fsp3) is 0.792. The molecule has 4 heterocycles. The van der Waals surface area contributed by atoms with Gasteiger partial charge in [0.15, 0.2) is 5.82 Å². The summed E-state index contributed by atoms with van der Waals surface area (Å²) in [5.74, 6) is 0.0153. The predicted octanol–water partition coefficient (Wildman–Crippen LogP) is -0.241. The van der Waals surface area contributed by atoms with E-state index in [9.17, 15) is 14.0 Å². The van der Waals surface area contributed by atoms with Crippen molar-refractivity contribution >= 4 is 23.5 Å². The van der Waals surface area contributed by atoms with Crippen LogP contribution in [-0.4, -0.2) is 128 Å². The average molecular weight is 526 g/mol. The van der Waals surface area contributed by atoms with Crippen molar-refractivity contribution in [1.29, 1.82) is 0 Å². The van der Waals surface area contributed by atoms with Crippen LogP contribution in [0, 0.1) is 5.92 Å². The number of hydrogen-bond donors (Lipinski definition) is 4. The van der Waals surface area contributed by atoms with E-state index in [0.717, 1.165) is 13.0 Å². The molecular weight excluding hydrogens is 484 g/mol. The van der Waals surface area contributed by atoms with Gasteiger partial charge >= 0.3 is 0 Å². The van der Waals surface area contributed by atoms with E-state index < -0.39 is 30.3 Å². The summed E-state index contributed by atoms with van der Waals surface area (Å²) in [4.78, 5) is 32.1. The molecule has 13 heteroatoms. The van der Waals surface area contributed by atoms with Gasteiger partial charge in [-0.3, -0.25) is 14.5 Å². The number of likely N-dealkylation sites (tertiary alicyclic amines) is 1. The van der Waals surface area contributed by atoms with Crippen molar-refractivity contribution in [3.63, 3.8) is 0 Å². The Bertz CT molecular complexity index is 951. The summed E-state index contributed by atoms with van der Waals surface area (Å²) in [6, 6.07) is -1.01. The zero-order valence-electron chi connectivity index (χ0n) is 22.1. The van der Waals surface area contributed by atoms with E-state index >= 15 is 4.39 Å². The number of carbonyl (C=O) groups is 2. The summed E-state index contributed by atoms with van der Waals surface area (Å²) >= 11 is 0. The van der Waals surface area contributed by atoms with Crippen molar-refractivity contribution in [2.75, 3.05) is 78.0 Å². The zero-order valence-corrected chi connectivity index (χ0v) is 22.1. The molecule has 4 rings (SSSR count). The van der Waals surface area contributed by atoms with E-state index in [-0.39, 0.29) is 42.8 Å². The molecule has 0 aromatic carbocycles. The molecule has 1 aromatic rings. The summed E-state index contributed by atoms with van der Waals surface area (Å²) in [7, 11) is 5.88. The quantitative estimate of drug-likeness (QED) is 0.367. The Morgan fingerprint density at radius 3 is 2.57 bits per heavy atom. The Kier molecular flexibility index (Phi) is 8.86. The zero-order chi connectivity index (χ0) is 26.7. The number of anilines is 2. The third-order valence-corrected chi connectivity index (χ3v) is 7.65. The Labute approximate surface area is 217 Å². The first-order valence-electron chi connectivity index (χ1n) is 13.2. The van der Waals surface area contributed by atoms with Gasteiger partial charge in [-0.15, -0.1) is 0 Å². The molecule has 2 saturated heterocycles. The second-order valence-electron chi connectivity index (χ2n) is 10.7. The van der Waals surface area contributed by atoms with E-state index in [4.69, 9.17) is 5.73 Å². The topological polar surface area (TPSA) is 124 Å². The fourth-order valence-corrected chi connectivity index (χ4v) is 5.70. The second kappa shape index (κ2) is 11.9. The lowest BCUT2D eigenvalue weighted by Crippen LogP contribution is -2.66. The number of nitrogen functional groups attached to an aromatic ring is 1. The molecule has 208 valence electrons. The lowest BCUT2D eigenvalue weighted by Gasteiger charge is -2.45. The molecule has 0 radical (unpaired) electrons. The maximum absolute atomic E-state index is 15.2. The Morgan fingerprint density at radius 2 is 1.86 bits per heavy atom. The number of carbonyl (C=O) groups excluding carboxylic acids is 2. The van der Waals surface area contributed by atoms with Gasteiger partial charge in [0.1, 0.15) is 23.7 Å². The number of hydrogen-bond acceptors (Lipinski definition) is 8. The molecular formula is C24H41F2N9O2. The van der Waals surface area contributed by atoms with Gasteiger partial charge in [0.2, 0.25) is 5.91 Å². The molecule has 5 N–H and O–H groups in total. The van der Waals surface area contributed by atoms with Crippen molar-refractivity contribution in [2.24, 2.45) is 5.92 Å². The molecule has 37 heavy (non-hydrogen) atoms. The Morgan fingerprint density at radius 1 is 1.14 bits per heavy atom. The van der Waals surface area contributed by atoms with Crippen molar-refractivity contribution in [3.05, 3.63) is 5.56 Å². The van der Waals surface area contributed by atoms with Crippen LogP contribution in [0.4, 0.5) is 20.4 Å². The number of aromatic nitrogens is 2. The van der Waals surface area contributed by atoms with Crippen LogP contribution in [0.5, 0.6) is 0 Å². The van der Waals surface area contributed by atoms with Gasteiger partial charge in [-0.05, 0) is 53.0 Å². The van der Waals surface area contributed by atoms with Gasteiger partial charge in [0.05, 0.1) is 18.6 Å². The summed E-state index contributed by atoms with van der Waals surface area (Å²) in [6.07, 6.45) is -0.0552. The summed E-state index contributed by atoms with van der Waals surface area (Å²) in [6.45, 7) is 3.53. The van der Waals surface area contributed by atoms with Crippen LogP contribution in [0.3, 0.4) is 0 Å². The van der Waals surface area contributed by atoms with Gasteiger partial charge in [-0.1, -0.05) is 0 Å². The lowest BCUT2D eigenvalue weighted by atomic mass is 9.90. The lowest BCUT2D eigenvalue weighted by molar-refractivity contribution is -0.136. The number of piperidine rings is 2. The molecule has 3 aliphatic heterocycles. The third kappa shape index (κ3) is 6.32. The van der Waals surface area contributed by atoms with Crippen molar-refractivity contribution < 1.29 is 18.4 Å². The van der Waals surface area contributed by atoms with E-state index in [1.807, 2.05) is 26.0 Å². The van der Waals surface area contributed by atoms with Crippen LogP contribution in [0.15, 0.2) is 0 Å². The standard InChI is InChI=1S/C24H41F2N9O2/c1-32(2)7-4-8-33(3)24(37)15-5-9-34(10-6-15)20-17(26)12-28-13-18(20)30-23(36)19-21(27)31-35-14-16(25)11-29-22(19)35/h15-18,20,28-29H,4-14H2,1-3H3,(H2,27,31)(H,30,36). The number of rotatable bonds is 8. The van der Waals surface area contributed by atoms with Crippen molar-refractivity contribution in [1.82, 2.24) is 35.1 Å². The van der Waals surface area contributed by atoms with E-state index in [2.05, 4.69) is 30.8 Å². The summed E-state index contributed by atoms with van der Waals surface area (Å²) < 4.78 is 30.3. The van der Waals surface area contributed by atoms with Crippen molar-refractivity contribution in [2.45, 2.75) is 50.2 Å². The van der Waals surface area contributed by atoms with Gasteiger partial charge in [0.25, 0.3) is 5.91 Å². The number of halogens is 2. The van der Waals surface area contributed by atoms with Crippen LogP contribution in [0.1, 0.15) is 29.6 Å². The maximum Gasteiger partial charge on any atom is 0.259 e. The molecule has 0 aliphatic carbocycles. The van der Waals surface area contributed by atoms with Crippen LogP contribution in [0.2, 0.25) is 0 Å². The smallest absolute Gasteiger partial charge is 0.259 e. The largest absolute Gasteiger partial charge is 0.381 e. The summed E-state index contributed by atoms with van der Waals surface area (Å²) in [5, 5.41) is 13.0. The molecule has 2 amide bonds. The molecule has 4 atom stereocenters. The number of alkyl halides is 2. The SMILES string of the molecule is CN(C)CCCN(C)C(=O)C1CCN(C2C(F)CNCC2NC(=O)c2c(N)nn3c2NCC(F)C3)CC1. The minimum absolute atomic E-state index is 0.0141. The van der Waals surface area contributed by atoms with Crippen LogP contribution < -0.4 is 21.7 Å². The maximum atomic E-state index is 15.2. The van der Waals surface area contributed by atoms with E-state index in [1.54, 1.807) is 0 Å².